The molecule has 2 rings (SSSR count). The van der Waals surface area contributed by atoms with Crippen LogP contribution in [0.5, 0.6) is 0 Å². The van der Waals surface area contributed by atoms with Crippen LogP contribution in [0, 0.1) is 6.92 Å². The predicted molar refractivity (Wildman–Crippen MR) is 82.9 cm³/mol. The van der Waals surface area contributed by atoms with Crippen LogP contribution in [-0.2, 0) is 14.9 Å². The topological polar surface area (TPSA) is 66.9 Å². The molecule has 0 unspecified atom stereocenters. The summed E-state index contributed by atoms with van der Waals surface area (Å²) in [5.41, 5.74) is 1.05. The normalized spacial score (nSPS) is 16.5. The molecule has 0 atom stereocenters. The molecule has 1 saturated heterocycles. The molecule has 1 heterocycles. The van der Waals surface area contributed by atoms with Gasteiger partial charge < -0.3 is 0 Å². The molecule has 1 aromatic carbocycles. The predicted octanol–water partition coefficient (Wildman–Crippen LogP) is 1.80. The fraction of sp³-hybridized carbons (Fsp3) is 0.533. The van der Waals surface area contributed by atoms with E-state index in [0.717, 1.165) is 24.3 Å². The van der Waals surface area contributed by atoms with E-state index in [9.17, 15) is 13.2 Å². The summed E-state index contributed by atoms with van der Waals surface area (Å²) in [5, 5.41) is 1.08. The van der Waals surface area contributed by atoms with Gasteiger partial charge in [-0.05, 0) is 37.5 Å². The summed E-state index contributed by atoms with van der Waals surface area (Å²) in [4.78, 5) is 17.3. The van der Waals surface area contributed by atoms with Crippen molar-refractivity contribution in [3.8, 4) is 0 Å². The van der Waals surface area contributed by atoms with E-state index in [2.05, 4.69) is 0 Å². The monoisotopic (exact) mass is 326 g/mol. The van der Waals surface area contributed by atoms with Gasteiger partial charge in [-0.2, -0.15) is 4.31 Å². The summed E-state index contributed by atoms with van der Waals surface area (Å²) in [6, 6.07) is 4.66. The highest BCUT2D eigenvalue weighted by Crippen LogP contribution is 2.23. The lowest BCUT2D eigenvalue weighted by Crippen LogP contribution is -2.35. The number of piperidine rings is 1. The van der Waals surface area contributed by atoms with E-state index < -0.39 is 10.0 Å². The van der Waals surface area contributed by atoms with Crippen molar-refractivity contribution >= 4 is 15.9 Å². The van der Waals surface area contributed by atoms with Gasteiger partial charge in [-0.3, -0.25) is 9.63 Å². The van der Waals surface area contributed by atoms with Crippen LogP contribution in [0.15, 0.2) is 23.1 Å². The Labute approximate surface area is 131 Å². The van der Waals surface area contributed by atoms with Gasteiger partial charge in [0.1, 0.15) is 0 Å². The minimum absolute atomic E-state index is 0.160. The molecule has 122 valence electrons. The Hall–Kier alpha value is -1.44. The molecule has 1 aromatic rings. The first-order valence-corrected chi connectivity index (χ1v) is 8.75. The van der Waals surface area contributed by atoms with E-state index in [-0.39, 0.29) is 10.8 Å². The summed E-state index contributed by atoms with van der Waals surface area (Å²) in [5.74, 6) is -0.365. The SMILES string of the molecule is CON(C)C(=O)c1cc(S(=O)(=O)N2CCCCC2)ccc1C. The first kappa shape index (κ1) is 16.9. The highest BCUT2D eigenvalue weighted by molar-refractivity contribution is 7.89. The van der Waals surface area contributed by atoms with Crippen LogP contribution in [0.4, 0.5) is 0 Å². The average Bonchev–Trinajstić information content (AvgIpc) is 2.54. The van der Waals surface area contributed by atoms with Crippen molar-refractivity contribution in [3.63, 3.8) is 0 Å². The number of hydroxylamine groups is 2. The molecule has 0 N–H and O–H groups in total. The number of aryl methyl sites for hydroxylation is 1. The summed E-state index contributed by atoms with van der Waals surface area (Å²) in [6.45, 7) is 2.85. The molecule has 0 aliphatic carbocycles. The fourth-order valence-corrected chi connectivity index (χ4v) is 4.04. The second-order valence-corrected chi connectivity index (χ2v) is 7.36. The molecular weight excluding hydrogens is 304 g/mol. The smallest absolute Gasteiger partial charge is 0.274 e. The fourth-order valence-electron chi connectivity index (χ4n) is 2.50. The molecule has 0 aromatic heterocycles. The zero-order valence-electron chi connectivity index (χ0n) is 13.2. The molecule has 0 radical (unpaired) electrons. The third-order valence-corrected chi connectivity index (χ3v) is 5.85. The van der Waals surface area contributed by atoms with Crippen molar-refractivity contribution in [2.75, 3.05) is 27.2 Å². The molecule has 22 heavy (non-hydrogen) atoms. The van der Waals surface area contributed by atoms with Crippen LogP contribution < -0.4 is 0 Å². The second-order valence-electron chi connectivity index (χ2n) is 5.43. The van der Waals surface area contributed by atoms with Crippen molar-refractivity contribution < 1.29 is 18.0 Å². The second kappa shape index (κ2) is 6.76. The van der Waals surface area contributed by atoms with Gasteiger partial charge in [0.2, 0.25) is 10.0 Å². The van der Waals surface area contributed by atoms with Crippen LogP contribution in [-0.4, -0.2) is 50.9 Å². The van der Waals surface area contributed by atoms with Crippen LogP contribution in [0.25, 0.3) is 0 Å². The number of hydrogen-bond acceptors (Lipinski definition) is 4. The molecule has 0 bridgehead atoms. The van der Waals surface area contributed by atoms with E-state index in [1.165, 1.54) is 24.5 Å². The lowest BCUT2D eigenvalue weighted by atomic mass is 10.1. The first-order chi connectivity index (χ1) is 10.4. The Morgan fingerprint density at radius 1 is 1.23 bits per heavy atom. The maximum atomic E-state index is 12.7. The van der Waals surface area contributed by atoms with Gasteiger partial charge in [0.15, 0.2) is 0 Å². The molecule has 1 aliphatic heterocycles. The van der Waals surface area contributed by atoms with E-state index in [4.69, 9.17) is 4.84 Å². The van der Waals surface area contributed by atoms with Crippen molar-refractivity contribution in [3.05, 3.63) is 29.3 Å². The van der Waals surface area contributed by atoms with Gasteiger partial charge >= 0.3 is 0 Å². The molecule has 0 spiro atoms. The molecule has 7 heteroatoms. The Morgan fingerprint density at radius 2 is 1.86 bits per heavy atom. The molecule has 1 amide bonds. The van der Waals surface area contributed by atoms with Gasteiger partial charge in [0, 0.05) is 25.7 Å². The largest absolute Gasteiger partial charge is 0.277 e. The Kier molecular flexibility index (Phi) is 5.20. The highest BCUT2D eigenvalue weighted by Gasteiger charge is 2.27. The minimum Gasteiger partial charge on any atom is -0.274 e. The number of sulfonamides is 1. The zero-order valence-corrected chi connectivity index (χ0v) is 14.0. The van der Waals surface area contributed by atoms with Gasteiger partial charge in [0.05, 0.1) is 12.0 Å². The Bertz CT molecular complexity index is 652. The number of carbonyl (C=O) groups is 1. The van der Waals surface area contributed by atoms with Gasteiger partial charge in [-0.15, -0.1) is 0 Å². The molecule has 6 nitrogen and oxygen atoms in total. The summed E-state index contributed by atoms with van der Waals surface area (Å²) in [7, 11) is -0.661. The number of amides is 1. The molecular formula is C15H22N2O4S. The maximum Gasteiger partial charge on any atom is 0.277 e. The molecule has 1 fully saturated rings. The lowest BCUT2D eigenvalue weighted by molar-refractivity contribution is -0.0757. The van der Waals surface area contributed by atoms with Crippen molar-refractivity contribution in [2.24, 2.45) is 0 Å². The number of nitrogens with zero attached hydrogens (tertiary/aromatic N) is 2. The van der Waals surface area contributed by atoms with E-state index >= 15 is 0 Å². The van der Waals surface area contributed by atoms with Crippen molar-refractivity contribution in [1.82, 2.24) is 9.37 Å². The van der Waals surface area contributed by atoms with Crippen molar-refractivity contribution in [1.29, 1.82) is 0 Å². The van der Waals surface area contributed by atoms with E-state index in [0.29, 0.717) is 24.2 Å². The van der Waals surface area contributed by atoms with Crippen LogP contribution in [0.3, 0.4) is 0 Å². The Morgan fingerprint density at radius 3 is 2.45 bits per heavy atom. The van der Waals surface area contributed by atoms with E-state index in [1.54, 1.807) is 19.1 Å². The van der Waals surface area contributed by atoms with Gasteiger partial charge in [-0.25, -0.2) is 13.5 Å². The molecule has 1 aliphatic rings. The van der Waals surface area contributed by atoms with Crippen LogP contribution in [0.2, 0.25) is 0 Å². The summed E-state index contributed by atoms with van der Waals surface area (Å²) >= 11 is 0. The molecule has 0 saturated carbocycles. The number of benzene rings is 1. The van der Waals surface area contributed by atoms with Gasteiger partial charge in [0.25, 0.3) is 5.91 Å². The van der Waals surface area contributed by atoms with Crippen LogP contribution >= 0.6 is 0 Å². The summed E-state index contributed by atoms with van der Waals surface area (Å²) < 4.78 is 26.9. The number of carbonyl (C=O) groups excluding carboxylic acids is 1. The van der Waals surface area contributed by atoms with Crippen molar-refractivity contribution in [2.45, 2.75) is 31.1 Å². The standard InChI is InChI=1S/C15H22N2O4S/c1-12-7-8-13(11-14(12)15(18)16(2)21-3)22(19,20)17-9-5-4-6-10-17/h7-8,11H,4-6,9-10H2,1-3H3. The number of hydrogen-bond donors (Lipinski definition) is 0. The van der Waals surface area contributed by atoms with Crippen LogP contribution in [0.1, 0.15) is 35.2 Å². The third kappa shape index (κ3) is 3.31. The summed E-state index contributed by atoms with van der Waals surface area (Å²) in [6.07, 6.45) is 2.81. The quantitative estimate of drug-likeness (QED) is 0.791. The van der Waals surface area contributed by atoms with Gasteiger partial charge in [-0.1, -0.05) is 12.5 Å². The highest BCUT2D eigenvalue weighted by atomic mass is 32.2. The maximum absolute atomic E-state index is 12.7. The minimum atomic E-state index is -3.55. The average molecular weight is 326 g/mol. The number of rotatable bonds is 4. The van der Waals surface area contributed by atoms with E-state index in [1.807, 2.05) is 0 Å². The zero-order chi connectivity index (χ0) is 16.3. The first-order valence-electron chi connectivity index (χ1n) is 7.31. The third-order valence-electron chi connectivity index (χ3n) is 3.95. The Balaban J connectivity index is 2.38. The lowest BCUT2D eigenvalue weighted by Gasteiger charge is -2.26.